The van der Waals surface area contributed by atoms with Crippen molar-refractivity contribution in [2.75, 3.05) is 13.7 Å². The Kier molecular flexibility index (Phi) is 14.3. The number of carbonyl (C=O) groups excluding carboxylic acids is 1. The minimum atomic E-state index is -1.82. The molecule has 0 radical (unpaired) electrons. The second-order valence-corrected chi connectivity index (χ2v) is 15.8. The fourth-order valence-electron chi connectivity index (χ4n) is 3.60. The summed E-state index contributed by atoms with van der Waals surface area (Å²) in [5.41, 5.74) is 1.17. The molecule has 0 spiro atoms. The lowest BCUT2D eigenvalue weighted by Gasteiger charge is -2.35. The maximum Gasteiger partial charge on any atom is 0.307 e. The number of methoxy groups -OCH3 is 1. The first-order valence-corrected chi connectivity index (χ1v) is 16.2. The van der Waals surface area contributed by atoms with Crippen LogP contribution in [0.5, 0.6) is 5.75 Å². The van der Waals surface area contributed by atoms with E-state index in [4.69, 9.17) is 18.6 Å². The molecule has 0 unspecified atom stereocenters. The Morgan fingerprint density at radius 1 is 1.11 bits per heavy atom. The van der Waals surface area contributed by atoms with Crippen LogP contribution in [0, 0.1) is 0 Å². The van der Waals surface area contributed by atoms with Crippen LogP contribution in [0.25, 0.3) is 0 Å². The third-order valence-electron chi connectivity index (χ3n) is 6.78. The van der Waals surface area contributed by atoms with Gasteiger partial charge < -0.3 is 18.6 Å². The quantitative estimate of drug-likeness (QED) is 0.0687. The van der Waals surface area contributed by atoms with Crippen molar-refractivity contribution >= 4 is 14.3 Å². The Morgan fingerprint density at radius 2 is 1.78 bits per heavy atom. The zero-order valence-corrected chi connectivity index (χ0v) is 25.0. The van der Waals surface area contributed by atoms with Gasteiger partial charge in [-0.05, 0) is 42.2 Å². The first-order valence-electron chi connectivity index (χ1n) is 13.3. The first kappa shape index (κ1) is 32.1. The SMILES string of the molecule is C=C(C[C@H](CCCCCC)O[C@H](/C=C/CO[Si](C)(C)C(C)(C)C)Cc1ccc(OC)cc1)OC(C)=O. The summed E-state index contributed by atoms with van der Waals surface area (Å²) in [6, 6.07) is 8.09. The lowest BCUT2D eigenvalue weighted by molar-refractivity contribution is -0.137. The molecule has 0 N–H and O–H groups in total. The van der Waals surface area contributed by atoms with Crippen molar-refractivity contribution in [3.05, 3.63) is 54.3 Å². The Labute approximate surface area is 221 Å². The van der Waals surface area contributed by atoms with Gasteiger partial charge in [-0.25, -0.2) is 0 Å². The van der Waals surface area contributed by atoms with Crippen LogP contribution in [0.2, 0.25) is 18.1 Å². The molecule has 0 heterocycles. The summed E-state index contributed by atoms with van der Waals surface area (Å²) in [4.78, 5) is 11.4. The monoisotopic (exact) mass is 518 g/mol. The molecule has 0 amide bonds. The van der Waals surface area contributed by atoms with Crippen LogP contribution in [-0.2, 0) is 25.1 Å². The molecule has 1 rings (SSSR count). The van der Waals surface area contributed by atoms with Gasteiger partial charge in [-0.15, -0.1) is 0 Å². The zero-order valence-electron chi connectivity index (χ0n) is 24.0. The highest BCUT2D eigenvalue weighted by molar-refractivity contribution is 6.74. The molecule has 204 valence electrons. The fourth-order valence-corrected chi connectivity index (χ4v) is 4.54. The summed E-state index contributed by atoms with van der Waals surface area (Å²) in [5.74, 6) is 0.944. The van der Waals surface area contributed by atoms with Gasteiger partial charge in [0.15, 0.2) is 8.32 Å². The molecule has 1 aromatic carbocycles. The molecule has 0 aromatic heterocycles. The normalized spacial score (nSPS) is 14.0. The van der Waals surface area contributed by atoms with Gasteiger partial charge >= 0.3 is 5.97 Å². The summed E-state index contributed by atoms with van der Waals surface area (Å²) in [6.07, 6.45) is 10.7. The molecular formula is C30H50O5Si. The number of carbonyl (C=O) groups is 1. The maximum atomic E-state index is 11.4. The molecule has 0 saturated heterocycles. The van der Waals surface area contributed by atoms with E-state index in [2.05, 4.69) is 71.7 Å². The molecule has 1 aromatic rings. The number of ether oxygens (including phenoxy) is 3. The van der Waals surface area contributed by atoms with Crippen LogP contribution in [0.15, 0.2) is 48.8 Å². The van der Waals surface area contributed by atoms with Gasteiger partial charge in [0.25, 0.3) is 0 Å². The van der Waals surface area contributed by atoms with Gasteiger partial charge in [0.1, 0.15) is 11.5 Å². The van der Waals surface area contributed by atoms with Gasteiger partial charge in [0.05, 0.1) is 25.9 Å². The van der Waals surface area contributed by atoms with E-state index in [1.54, 1.807) is 7.11 Å². The molecular weight excluding hydrogens is 468 g/mol. The van der Waals surface area contributed by atoms with Gasteiger partial charge in [0.2, 0.25) is 0 Å². The van der Waals surface area contributed by atoms with Crippen molar-refractivity contribution in [2.45, 2.75) is 110 Å². The smallest absolute Gasteiger partial charge is 0.307 e. The lowest BCUT2D eigenvalue weighted by atomic mass is 10.0. The molecule has 6 heteroatoms. The van der Waals surface area contributed by atoms with Crippen LogP contribution in [0.1, 0.15) is 78.7 Å². The molecule has 0 saturated carbocycles. The van der Waals surface area contributed by atoms with E-state index in [1.807, 2.05) is 12.1 Å². The number of hydrogen-bond donors (Lipinski definition) is 0. The first-order chi connectivity index (χ1) is 16.9. The largest absolute Gasteiger partial charge is 0.497 e. The van der Waals surface area contributed by atoms with Crippen LogP contribution in [-0.4, -0.2) is 40.2 Å². The van der Waals surface area contributed by atoms with Gasteiger partial charge in [0, 0.05) is 19.8 Å². The predicted molar refractivity (Wildman–Crippen MR) is 152 cm³/mol. The molecule has 2 atom stereocenters. The molecule has 0 aliphatic heterocycles. The summed E-state index contributed by atoms with van der Waals surface area (Å²) in [6.45, 7) is 19.4. The van der Waals surface area contributed by atoms with E-state index in [1.165, 1.54) is 25.3 Å². The Balaban J connectivity index is 2.99. The molecule has 36 heavy (non-hydrogen) atoms. The minimum Gasteiger partial charge on any atom is -0.497 e. The Bertz CT molecular complexity index is 808. The van der Waals surface area contributed by atoms with Crippen molar-refractivity contribution in [2.24, 2.45) is 0 Å². The lowest BCUT2D eigenvalue weighted by Crippen LogP contribution is -2.40. The van der Waals surface area contributed by atoms with Gasteiger partial charge in [-0.1, -0.05) is 84.2 Å². The average Bonchev–Trinajstić information content (AvgIpc) is 2.78. The van der Waals surface area contributed by atoms with Gasteiger partial charge in [-0.2, -0.15) is 0 Å². The van der Waals surface area contributed by atoms with Crippen molar-refractivity contribution < 1.29 is 23.4 Å². The van der Waals surface area contributed by atoms with Crippen LogP contribution < -0.4 is 4.74 Å². The van der Waals surface area contributed by atoms with Gasteiger partial charge in [-0.3, -0.25) is 4.79 Å². The zero-order chi connectivity index (χ0) is 27.2. The second kappa shape index (κ2) is 16.1. The van der Waals surface area contributed by atoms with E-state index >= 15 is 0 Å². The van der Waals surface area contributed by atoms with E-state index in [0.717, 1.165) is 31.4 Å². The third kappa shape index (κ3) is 12.9. The number of unbranched alkanes of at least 4 members (excludes halogenated alkanes) is 3. The topological polar surface area (TPSA) is 54.0 Å². The third-order valence-corrected chi connectivity index (χ3v) is 11.3. The number of esters is 1. The molecule has 5 nitrogen and oxygen atoms in total. The van der Waals surface area contributed by atoms with Crippen molar-refractivity contribution in [3.63, 3.8) is 0 Å². The summed E-state index contributed by atoms with van der Waals surface area (Å²) >= 11 is 0. The number of rotatable bonds is 17. The van der Waals surface area contributed by atoms with Crippen molar-refractivity contribution in [3.8, 4) is 5.75 Å². The van der Waals surface area contributed by atoms with E-state index in [9.17, 15) is 4.79 Å². The van der Waals surface area contributed by atoms with Crippen molar-refractivity contribution in [1.29, 1.82) is 0 Å². The number of benzene rings is 1. The molecule has 0 aliphatic rings. The molecule has 0 aliphatic carbocycles. The summed E-state index contributed by atoms with van der Waals surface area (Å²) < 4.78 is 23.5. The standard InChI is InChI=1S/C30H50O5Si/c1-10-11-12-13-15-28(22-24(2)34-25(3)31)35-29(23-26-17-19-27(32-7)20-18-26)16-14-21-33-36(8,9)30(4,5)6/h14,16-20,28-29H,2,10-13,15,21-23H2,1,3-9H3/b16-14+/t28-,29+/m0/s1. The summed E-state index contributed by atoms with van der Waals surface area (Å²) in [5, 5.41) is 0.167. The minimum absolute atomic E-state index is 0.0806. The Morgan fingerprint density at radius 3 is 2.33 bits per heavy atom. The highest BCUT2D eigenvalue weighted by Gasteiger charge is 2.36. The highest BCUT2D eigenvalue weighted by Crippen LogP contribution is 2.36. The molecule has 0 fully saturated rings. The van der Waals surface area contributed by atoms with E-state index in [-0.39, 0.29) is 23.2 Å². The fraction of sp³-hybridized carbons (Fsp3) is 0.633. The van der Waals surface area contributed by atoms with Crippen LogP contribution >= 0.6 is 0 Å². The highest BCUT2D eigenvalue weighted by atomic mass is 28.4. The number of hydrogen-bond acceptors (Lipinski definition) is 5. The maximum absolute atomic E-state index is 11.4. The average molecular weight is 519 g/mol. The predicted octanol–water partition coefficient (Wildman–Crippen LogP) is 8.01. The van der Waals surface area contributed by atoms with Crippen molar-refractivity contribution in [1.82, 2.24) is 0 Å². The van der Waals surface area contributed by atoms with Crippen LogP contribution in [0.4, 0.5) is 0 Å². The van der Waals surface area contributed by atoms with E-state index < -0.39 is 8.32 Å². The van der Waals surface area contributed by atoms with Crippen LogP contribution in [0.3, 0.4) is 0 Å². The summed E-state index contributed by atoms with van der Waals surface area (Å²) in [7, 11) is -0.151. The Hall–Kier alpha value is -1.89. The van der Waals surface area contributed by atoms with E-state index in [0.29, 0.717) is 18.8 Å². The molecule has 0 bridgehead atoms. The second-order valence-electron chi connectivity index (χ2n) is 11.0.